The molecule has 0 saturated heterocycles. The van der Waals surface area contributed by atoms with Crippen molar-refractivity contribution in [3.05, 3.63) is 28.3 Å². The summed E-state index contributed by atoms with van der Waals surface area (Å²) in [5.41, 5.74) is 3.27. The predicted molar refractivity (Wildman–Crippen MR) is 83.9 cm³/mol. The van der Waals surface area contributed by atoms with Crippen molar-refractivity contribution < 1.29 is 0 Å². The molecule has 0 amide bonds. The minimum atomic E-state index is 0.404. The highest BCUT2D eigenvalue weighted by Gasteiger charge is 2.27. The summed E-state index contributed by atoms with van der Waals surface area (Å²) < 4.78 is 0. The number of rotatable bonds is 0. The van der Waals surface area contributed by atoms with E-state index in [-0.39, 0.29) is 0 Å². The van der Waals surface area contributed by atoms with Crippen molar-refractivity contribution >= 4 is 21.6 Å². The Morgan fingerprint density at radius 2 is 2.05 bits per heavy atom. The molecule has 0 spiro atoms. The zero-order valence-electron chi connectivity index (χ0n) is 12.4. The number of pyridine rings is 1. The maximum absolute atomic E-state index is 4.93. The average molecular weight is 273 g/mol. The lowest BCUT2D eigenvalue weighted by atomic mass is 9.76. The third kappa shape index (κ3) is 2.55. The molecule has 2 heteroatoms. The summed E-state index contributed by atoms with van der Waals surface area (Å²) in [7, 11) is 0. The number of hydrogen-bond acceptors (Lipinski definition) is 2. The second-order valence-corrected chi connectivity index (χ2v) is 8.24. The predicted octanol–water partition coefficient (Wildman–Crippen LogP) is 5.15. The van der Waals surface area contributed by atoms with Gasteiger partial charge in [-0.05, 0) is 61.6 Å². The fourth-order valence-corrected chi connectivity index (χ4v) is 4.08. The molecule has 0 aliphatic heterocycles. The number of thiophene rings is 1. The summed E-state index contributed by atoms with van der Waals surface area (Å²) in [6.07, 6.45) is 5.00. The normalized spacial score (nSPS) is 20.3. The number of fused-ring (bicyclic) bond motifs is 2. The van der Waals surface area contributed by atoms with Gasteiger partial charge in [0, 0.05) is 16.0 Å². The van der Waals surface area contributed by atoms with Crippen LogP contribution in [-0.4, -0.2) is 4.98 Å². The Morgan fingerprint density at radius 1 is 1.26 bits per heavy atom. The maximum atomic E-state index is 4.93. The third-order valence-electron chi connectivity index (χ3n) is 4.46. The summed E-state index contributed by atoms with van der Waals surface area (Å²) in [4.78, 5) is 7.53. The van der Waals surface area contributed by atoms with Crippen LogP contribution in [0, 0.1) is 18.3 Å². The molecular weight excluding hydrogens is 250 g/mol. The van der Waals surface area contributed by atoms with Gasteiger partial charge in [-0.15, -0.1) is 11.3 Å². The van der Waals surface area contributed by atoms with Crippen LogP contribution >= 0.6 is 11.3 Å². The molecular formula is C17H23NS. The summed E-state index contributed by atoms with van der Waals surface area (Å²) >= 11 is 1.83. The molecule has 0 aromatic carbocycles. The van der Waals surface area contributed by atoms with Crippen molar-refractivity contribution in [1.29, 1.82) is 0 Å². The Hall–Kier alpha value is -0.890. The van der Waals surface area contributed by atoms with Gasteiger partial charge >= 0.3 is 0 Å². The van der Waals surface area contributed by atoms with Crippen LogP contribution in [0.4, 0.5) is 0 Å². The molecule has 0 saturated carbocycles. The number of nitrogens with zero attached hydrogens (tertiary/aromatic N) is 1. The van der Waals surface area contributed by atoms with Gasteiger partial charge in [0.1, 0.15) is 4.83 Å². The van der Waals surface area contributed by atoms with Crippen molar-refractivity contribution in [2.75, 3.05) is 0 Å². The first kappa shape index (κ1) is 13.1. The first-order chi connectivity index (χ1) is 8.93. The van der Waals surface area contributed by atoms with Gasteiger partial charge in [0.25, 0.3) is 0 Å². The third-order valence-corrected chi connectivity index (χ3v) is 5.42. The van der Waals surface area contributed by atoms with E-state index in [0.717, 1.165) is 12.3 Å². The Morgan fingerprint density at radius 3 is 2.79 bits per heavy atom. The van der Waals surface area contributed by atoms with E-state index in [1.807, 2.05) is 11.3 Å². The smallest absolute Gasteiger partial charge is 0.123 e. The van der Waals surface area contributed by atoms with Gasteiger partial charge in [0.15, 0.2) is 0 Å². The van der Waals surface area contributed by atoms with Crippen molar-refractivity contribution in [3.8, 4) is 0 Å². The van der Waals surface area contributed by atoms with Gasteiger partial charge in [-0.25, -0.2) is 4.98 Å². The number of aromatic nitrogens is 1. The summed E-state index contributed by atoms with van der Waals surface area (Å²) in [5, 5.41) is 1.34. The van der Waals surface area contributed by atoms with E-state index < -0.39 is 0 Å². The van der Waals surface area contributed by atoms with Crippen LogP contribution in [0.3, 0.4) is 0 Å². The van der Waals surface area contributed by atoms with Crippen LogP contribution in [0.5, 0.6) is 0 Å². The lowest BCUT2D eigenvalue weighted by Gasteiger charge is -2.29. The highest BCUT2D eigenvalue weighted by Crippen LogP contribution is 2.37. The fraction of sp³-hybridized carbons (Fsp3) is 0.588. The summed E-state index contributed by atoms with van der Waals surface area (Å²) in [6.45, 7) is 9.31. The molecule has 2 aromatic rings. The first-order valence-corrected chi connectivity index (χ1v) is 8.14. The fourth-order valence-electron chi connectivity index (χ4n) is 3.19. The Kier molecular flexibility index (Phi) is 3.17. The molecule has 1 nitrogen and oxygen atoms in total. The SMILES string of the molecule is Cc1cc2cc3c(nc2s1)CCCC(C(C)(C)C)C3. The summed E-state index contributed by atoms with van der Waals surface area (Å²) in [6, 6.07) is 4.69. The van der Waals surface area contributed by atoms with Crippen LogP contribution in [0.25, 0.3) is 10.2 Å². The Balaban J connectivity index is 2.04. The van der Waals surface area contributed by atoms with Gasteiger partial charge in [-0.3, -0.25) is 0 Å². The summed E-state index contributed by atoms with van der Waals surface area (Å²) in [5.74, 6) is 0.785. The highest BCUT2D eigenvalue weighted by atomic mass is 32.1. The van der Waals surface area contributed by atoms with Crippen molar-refractivity contribution in [3.63, 3.8) is 0 Å². The molecule has 2 heterocycles. The van der Waals surface area contributed by atoms with Crippen molar-refractivity contribution in [2.24, 2.45) is 11.3 Å². The van der Waals surface area contributed by atoms with Gasteiger partial charge in [0.05, 0.1) is 0 Å². The minimum Gasteiger partial charge on any atom is -0.242 e. The number of aryl methyl sites for hydroxylation is 2. The molecule has 0 fully saturated rings. The monoisotopic (exact) mass is 273 g/mol. The lowest BCUT2D eigenvalue weighted by molar-refractivity contribution is 0.224. The van der Waals surface area contributed by atoms with E-state index in [0.29, 0.717) is 5.41 Å². The zero-order chi connectivity index (χ0) is 13.6. The van der Waals surface area contributed by atoms with Gasteiger partial charge in [0.2, 0.25) is 0 Å². The molecule has 2 aromatic heterocycles. The van der Waals surface area contributed by atoms with E-state index in [1.54, 1.807) is 0 Å². The molecule has 1 unspecified atom stereocenters. The average Bonchev–Trinajstić information content (AvgIpc) is 2.53. The van der Waals surface area contributed by atoms with Crippen molar-refractivity contribution in [2.45, 2.75) is 53.4 Å². The molecule has 1 aliphatic rings. The van der Waals surface area contributed by atoms with Gasteiger partial charge in [-0.1, -0.05) is 20.8 Å². The standard InChI is InChI=1S/C17H23NS/c1-11-8-13-9-12-10-14(17(2,3)4)6-5-7-15(12)18-16(13)19-11/h8-9,14H,5-7,10H2,1-4H3. The molecule has 1 atom stereocenters. The van der Waals surface area contributed by atoms with Crippen LogP contribution < -0.4 is 0 Å². The van der Waals surface area contributed by atoms with E-state index in [2.05, 4.69) is 39.8 Å². The quantitative estimate of drug-likeness (QED) is 0.605. The number of hydrogen-bond donors (Lipinski definition) is 0. The first-order valence-electron chi connectivity index (χ1n) is 7.32. The van der Waals surface area contributed by atoms with E-state index >= 15 is 0 Å². The maximum Gasteiger partial charge on any atom is 0.123 e. The molecule has 19 heavy (non-hydrogen) atoms. The highest BCUT2D eigenvalue weighted by molar-refractivity contribution is 7.18. The van der Waals surface area contributed by atoms with E-state index in [1.165, 1.54) is 45.6 Å². The van der Waals surface area contributed by atoms with Crippen LogP contribution in [0.1, 0.15) is 49.7 Å². The molecule has 0 radical (unpaired) electrons. The molecule has 3 rings (SSSR count). The molecule has 1 aliphatic carbocycles. The van der Waals surface area contributed by atoms with Gasteiger partial charge in [-0.2, -0.15) is 0 Å². The lowest BCUT2D eigenvalue weighted by Crippen LogP contribution is -2.22. The van der Waals surface area contributed by atoms with Crippen LogP contribution in [0.2, 0.25) is 0 Å². The second kappa shape index (κ2) is 4.59. The molecule has 0 bridgehead atoms. The minimum absolute atomic E-state index is 0.404. The van der Waals surface area contributed by atoms with Gasteiger partial charge < -0.3 is 0 Å². The largest absolute Gasteiger partial charge is 0.242 e. The van der Waals surface area contributed by atoms with Crippen LogP contribution in [0.15, 0.2) is 12.1 Å². The second-order valence-electron chi connectivity index (χ2n) is 7.00. The van der Waals surface area contributed by atoms with Crippen molar-refractivity contribution in [1.82, 2.24) is 4.98 Å². The Labute approximate surface area is 120 Å². The molecule has 102 valence electrons. The van der Waals surface area contributed by atoms with E-state index in [9.17, 15) is 0 Å². The Bertz CT molecular complexity index is 603. The van der Waals surface area contributed by atoms with Crippen LogP contribution in [-0.2, 0) is 12.8 Å². The molecule has 0 N–H and O–H groups in total. The topological polar surface area (TPSA) is 12.9 Å². The van der Waals surface area contributed by atoms with E-state index in [4.69, 9.17) is 4.98 Å². The zero-order valence-corrected chi connectivity index (χ0v) is 13.2.